The Morgan fingerprint density at radius 2 is 2.42 bits per heavy atom. The van der Waals surface area contributed by atoms with Crippen LogP contribution in [0.15, 0.2) is 6.07 Å². The van der Waals surface area contributed by atoms with E-state index in [1.165, 1.54) is 12.8 Å². The molecule has 1 aliphatic rings. The van der Waals surface area contributed by atoms with E-state index in [0.29, 0.717) is 0 Å². The van der Waals surface area contributed by atoms with Gasteiger partial charge in [0.15, 0.2) is 0 Å². The van der Waals surface area contributed by atoms with Crippen molar-refractivity contribution in [3.63, 3.8) is 0 Å². The van der Waals surface area contributed by atoms with E-state index in [4.69, 9.17) is 5.11 Å². The summed E-state index contributed by atoms with van der Waals surface area (Å²) in [6.45, 7) is 0.0914. The van der Waals surface area contributed by atoms with Crippen molar-refractivity contribution in [2.75, 3.05) is 0 Å². The summed E-state index contributed by atoms with van der Waals surface area (Å²) >= 11 is 0. The number of hydrogen-bond donors (Lipinski definition) is 1. The first kappa shape index (κ1) is 7.80. The molecule has 0 aromatic carbocycles. The molecule has 0 radical (unpaired) electrons. The Bertz CT molecular complexity index is 276. The van der Waals surface area contributed by atoms with Crippen LogP contribution in [0.4, 0.5) is 0 Å². The largest absolute Gasteiger partial charge is 0.390 e. The van der Waals surface area contributed by atoms with Crippen molar-refractivity contribution < 1.29 is 5.11 Å². The topological polar surface area (TPSA) is 38.0 Å². The van der Waals surface area contributed by atoms with Crippen molar-refractivity contribution in [3.8, 4) is 0 Å². The maximum Gasteiger partial charge on any atom is 0.0849 e. The van der Waals surface area contributed by atoms with Crippen LogP contribution in [-0.2, 0) is 20.1 Å². The Balaban J connectivity index is 2.10. The standard InChI is InChI=1S/C9H14N2O/c1-11-9(6-12)5-8(10-11)4-7-2-3-7/h5,7,12H,2-4,6H2,1H3. The Labute approximate surface area is 72.0 Å². The smallest absolute Gasteiger partial charge is 0.0849 e. The van der Waals surface area contributed by atoms with Crippen molar-refractivity contribution in [1.82, 2.24) is 9.78 Å². The second-order valence-corrected chi connectivity index (χ2v) is 3.56. The molecule has 1 aromatic heterocycles. The predicted octanol–water partition coefficient (Wildman–Crippen LogP) is 0.865. The summed E-state index contributed by atoms with van der Waals surface area (Å²) in [5.41, 5.74) is 2.04. The zero-order chi connectivity index (χ0) is 8.55. The van der Waals surface area contributed by atoms with Gasteiger partial charge in [-0.15, -0.1) is 0 Å². The second kappa shape index (κ2) is 2.90. The normalized spacial score (nSPS) is 16.8. The Kier molecular flexibility index (Phi) is 1.89. The van der Waals surface area contributed by atoms with Crippen LogP contribution in [-0.4, -0.2) is 14.9 Å². The van der Waals surface area contributed by atoms with E-state index in [9.17, 15) is 0 Å². The molecule has 3 nitrogen and oxygen atoms in total. The van der Waals surface area contributed by atoms with Crippen molar-refractivity contribution in [3.05, 3.63) is 17.5 Å². The van der Waals surface area contributed by atoms with Crippen LogP contribution < -0.4 is 0 Å². The van der Waals surface area contributed by atoms with Crippen molar-refractivity contribution in [1.29, 1.82) is 0 Å². The van der Waals surface area contributed by atoms with E-state index >= 15 is 0 Å². The van der Waals surface area contributed by atoms with E-state index in [1.807, 2.05) is 13.1 Å². The number of nitrogens with zero attached hydrogens (tertiary/aromatic N) is 2. The van der Waals surface area contributed by atoms with E-state index in [1.54, 1.807) is 4.68 Å². The number of aliphatic hydroxyl groups excluding tert-OH is 1. The first-order chi connectivity index (χ1) is 5.79. The average molecular weight is 166 g/mol. The van der Waals surface area contributed by atoms with Crippen LogP contribution in [0, 0.1) is 5.92 Å². The molecule has 0 unspecified atom stereocenters. The van der Waals surface area contributed by atoms with Gasteiger partial charge in [-0.05, 0) is 31.2 Å². The van der Waals surface area contributed by atoms with Gasteiger partial charge in [0, 0.05) is 7.05 Å². The summed E-state index contributed by atoms with van der Waals surface area (Å²) in [7, 11) is 1.88. The highest BCUT2D eigenvalue weighted by Gasteiger charge is 2.22. The maximum absolute atomic E-state index is 8.92. The van der Waals surface area contributed by atoms with Crippen LogP contribution in [0.2, 0.25) is 0 Å². The minimum absolute atomic E-state index is 0.0914. The molecule has 0 amide bonds. The molecule has 0 bridgehead atoms. The summed E-state index contributed by atoms with van der Waals surface area (Å²) in [5, 5.41) is 13.2. The van der Waals surface area contributed by atoms with E-state index in [2.05, 4.69) is 5.10 Å². The van der Waals surface area contributed by atoms with Gasteiger partial charge in [0.2, 0.25) is 0 Å². The number of hydrogen-bond acceptors (Lipinski definition) is 2. The van der Waals surface area contributed by atoms with Gasteiger partial charge in [0.1, 0.15) is 0 Å². The number of rotatable bonds is 3. The molecule has 3 heteroatoms. The first-order valence-corrected chi connectivity index (χ1v) is 4.42. The van der Waals surface area contributed by atoms with E-state index in [-0.39, 0.29) is 6.61 Å². The molecule has 1 N–H and O–H groups in total. The fraction of sp³-hybridized carbons (Fsp3) is 0.667. The van der Waals surface area contributed by atoms with Gasteiger partial charge in [-0.3, -0.25) is 4.68 Å². The Morgan fingerprint density at radius 1 is 1.67 bits per heavy atom. The fourth-order valence-electron chi connectivity index (χ4n) is 1.44. The minimum Gasteiger partial charge on any atom is -0.390 e. The monoisotopic (exact) mass is 166 g/mol. The van der Waals surface area contributed by atoms with Crippen LogP contribution in [0.5, 0.6) is 0 Å². The highest BCUT2D eigenvalue weighted by molar-refractivity contribution is 5.10. The number of aliphatic hydroxyl groups is 1. The van der Waals surface area contributed by atoms with Crippen LogP contribution >= 0.6 is 0 Å². The summed E-state index contributed by atoms with van der Waals surface area (Å²) < 4.78 is 1.76. The third-order valence-corrected chi connectivity index (χ3v) is 2.38. The molecule has 1 saturated carbocycles. The number of aryl methyl sites for hydroxylation is 1. The molecule has 0 saturated heterocycles. The van der Waals surface area contributed by atoms with Gasteiger partial charge in [0.05, 0.1) is 18.0 Å². The van der Waals surface area contributed by atoms with Crippen molar-refractivity contribution >= 4 is 0 Å². The lowest BCUT2D eigenvalue weighted by Crippen LogP contribution is -1.97. The summed E-state index contributed by atoms with van der Waals surface area (Å²) in [5.74, 6) is 0.867. The molecule has 1 fully saturated rings. The molecule has 2 rings (SSSR count). The molecular formula is C9H14N2O. The summed E-state index contributed by atoms with van der Waals surface area (Å²) in [6, 6.07) is 2.00. The average Bonchev–Trinajstić information content (AvgIpc) is 2.76. The highest BCUT2D eigenvalue weighted by atomic mass is 16.3. The Hall–Kier alpha value is -0.830. The molecule has 66 valence electrons. The zero-order valence-electron chi connectivity index (χ0n) is 7.32. The van der Waals surface area contributed by atoms with Crippen LogP contribution in [0.25, 0.3) is 0 Å². The molecule has 0 aliphatic heterocycles. The van der Waals surface area contributed by atoms with Crippen molar-refractivity contribution in [2.45, 2.75) is 25.9 Å². The van der Waals surface area contributed by atoms with Gasteiger partial charge in [-0.25, -0.2) is 0 Å². The van der Waals surface area contributed by atoms with Gasteiger partial charge < -0.3 is 5.11 Å². The second-order valence-electron chi connectivity index (χ2n) is 3.56. The molecule has 1 aromatic rings. The van der Waals surface area contributed by atoms with E-state index in [0.717, 1.165) is 23.7 Å². The molecule has 12 heavy (non-hydrogen) atoms. The van der Waals surface area contributed by atoms with Gasteiger partial charge in [-0.1, -0.05) is 0 Å². The van der Waals surface area contributed by atoms with Gasteiger partial charge in [0.25, 0.3) is 0 Å². The quantitative estimate of drug-likeness (QED) is 0.723. The first-order valence-electron chi connectivity index (χ1n) is 4.42. The molecule has 0 atom stereocenters. The molecule has 1 aliphatic carbocycles. The highest BCUT2D eigenvalue weighted by Crippen LogP contribution is 2.32. The van der Waals surface area contributed by atoms with Crippen LogP contribution in [0.3, 0.4) is 0 Å². The van der Waals surface area contributed by atoms with Gasteiger partial charge >= 0.3 is 0 Å². The number of aromatic nitrogens is 2. The predicted molar refractivity (Wildman–Crippen MR) is 45.6 cm³/mol. The lowest BCUT2D eigenvalue weighted by atomic mass is 10.2. The molecule has 1 heterocycles. The zero-order valence-corrected chi connectivity index (χ0v) is 7.32. The summed E-state index contributed by atoms with van der Waals surface area (Å²) in [6.07, 6.45) is 3.80. The SMILES string of the molecule is Cn1nc(CC2CC2)cc1CO. The maximum atomic E-state index is 8.92. The fourth-order valence-corrected chi connectivity index (χ4v) is 1.44. The lowest BCUT2D eigenvalue weighted by Gasteiger charge is -1.92. The lowest BCUT2D eigenvalue weighted by molar-refractivity contribution is 0.270. The van der Waals surface area contributed by atoms with Crippen molar-refractivity contribution in [2.24, 2.45) is 13.0 Å². The minimum atomic E-state index is 0.0914. The third kappa shape index (κ3) is 1.50. The summed E-state index contributed by atoms with van der Waals surface area (Å²) in [4.78, 5) is 0. The Morgan fingerprint density at radius 3 is 2.92 bits per heavy atom. The third-order valence-electron chi connectivity index (χ3n) is 2.38. The van der Waals surface area contributed by atoms with Gasteiger partial charge in [-0.2, -0.15) is 5.10 Å². The van der Waals surface area contributed by atoms with E-state index < -0.39 is 0 Å². The molecular weight excluding hydrogens is 152 g/mol. The van der Waals surface area contributed by atoms with Crippen LogP contribution in [0.1, 0.15) is 24.2 Å². The molecule has 0 spiro atoms.